The van der Waals surface area contributed by atoms with Gasteiger partial charge < -0.3 is 10.6 Å². The molecule has 0 spiro atoms. The van der Waals surface area contributed by atoms with E-state index in [1.54, 1.807) is 0 Å². The number of rotatable bonds is 3. The maximum atomic E-state index is 5.50. The van der Waals surface area contributed by atoms with E-state index in [4.69, 9.17) is 5.73 Å². The Hall–Kier alpha value is -1.16. The molecule has 1 aromatic heterocycles. The Labute approximate surface area is 95.9 Å². The molecule has 16 heavy (non-hydrogen) atoms. The normalized spacial score (nSPS) is 27.7. The lowest BCUT2D eigenvalue weighted by molar-refractivity contribution is 0.546. The first-order valence-electron chi connectivity index (χ1n) is 6.14. The van der Waals surface area contributed by atoms with Crippen LogP contribution in [0.2, 0.25) is 0 Å². The number of hydrogen-bond donors (Lipinski definition) is 1. The molecule has 2 fully saturated rings. The first-order chi connectivity index (χ1) is 7.86. The van der Waals surface area contributed by atoms with Crippen LogP contribution >= 0.6 is 0 Å². The van der Waals surface area contributed by atoms with E-state index in [-0.39, 0.29) is 0 Å². The van der Waals surface area contributed by atoms with Crippen molar-refractivity contribution in [2.75, 3.05) is 18.0 Å². The first-order valence-corrected chi connectivity index (χ1v) is 6.14. The van der Waals surface area contributed by atoms with Crippen LogP contribution in [0.5, 0.6) is 0 Å². The summed E-state index contributed by atoms with van der Waals surface area (Å²) in [6.45, 7) is 1.82. The fourth-order valence-electron chi connectivity index (χ4n) is 2.96. The van der Waals surface area contributed by atoms with Gasteiger partial charge in [-0.2, -0.15) is 0 Å². The standard InChI is InChI=1S/C12H18N4/c13-4-3-10-6-14-12(15-7-10)16-8-9-1-2-11(16)5-9/h6-7,9,11H,1-5,8,13H2. The molecular formula is C12H18N4. The van der Waals surface area contributed by atoms with Gasteiger partial charge in [0.05, 0.1) is 0 Å². The minimum absolute atomic E-state index is 0.664. The Bertz CT molecular complexity index is 362. The van der Waals surface area contributed by atoms with Crippen LogP contribution in [0, 0.1) is 5.92 Å². The molecule has 1 aliphatic heterocycles. The molecule has 4 heteroatoms. The van der Waals surface area contributed by atoms with E-state index in [9.17, 15) is 0 Å². The Morgan fingerprint density at radius 2 is 2.12 bits per heavy atom. The van der Waals surface area contributed by atoms with Gasteiger partial charge in [-0.15, -0.1) is 0 Å². The van der Waals surface area contributed by atoms with Gasteiger partial charge in [-0.25, -0.2) is 9.97 Å². The molecule has 1 saturated carbocycles. The fourth-order valence-corrected chi connectivity index (χ4v) is 2.96. The largest absolute Gasteiger partial charge is 0.338 e. The maximum absolute atomic E-state index is 5.50. The van der Waals surface area contributed by atoms with Crippen LogP contribution in [0.25, 0.3) is 0 Å². The van der Waals surface area contributed by atoms with Crippen LogP contribution in [-0.2, 0) is 6.42 Å². The van der Waals surface area contributed by atoms with Gasteiger partial charge in [0.15, 0.2) is 0 Å². The first kappa shape index (κ1) is 10.0. The molecule has 2 bridgehead atoms. The predicted molar refractivity (Wildman–Crippen MR) is 63.3 cm³/mol. The van der Waals surface area contributed by atoms with Gasteiger partial charge in [0, 0.05) is 25.0 Å². The number of anilines is 1. The quantitative estimate of drug-likeness (QED) is 0.821. The van der Waals surface area contributed by atoms with Crippen molar-refractivity contribution in [3.05, 3.63) is 18.0 Å². The number of nitrogens with zero attached hydrogens (tertiary/aromatic N) is 3. The predicted octanol–water partition coefficient (Wildman–Crippen LogP) is 0.966. The molecule has 0 radical (unpaired) electrons. The number of aromatic nitrogens is 2. The number of fused-ring (bicyclic) bond motifs is 2. The summed E-state index contributed by atoms with van der Waals surface area (Å²) < 4.78 is 0. The van der Waals surface area contributed by atoms with Gasteiger partial charge in [0.25, 0.3) is 0 Å². The van der Waals surface area contributed by atoms with E-state index < -0.39 is 0 Å². The average Bonchev–Trinajstić information content (AvgIpc) is 2.92. The molecule has 2 N–H and O–H groups in total. The zero-order chi connectivity index (χ0) is 11.0. The van der Waals surface area contributed by atoms with Crippen LogP contribution in [-0.4, -0.2) is 29.1 Å². The van der Waals surface area contributed by atoms with Crippen LogP contribution in [0.4, 0.5) is 5.95 Å². The molecule has 2 atom stereocenters. The Morgan fingerprint density at radius 1 is 1.31 bits per heavy atom. The Kier molecular flexibility index (Phi) is 2.52. The minimum atomic E-state index is 0.664. The lowest BCUT2D eigenvalue weighted by Crippen LogP contribution is -2.33. The third-order valence-corrected chi connectivity index (χ3v) is 3.79. The Morgan fingerprint density at radius 3 is 2.69 bits per heavy atom. The fraction of sp³-hybridized carbons (Fsp3) is 0.667. The highest BCUT2D eigenvalue weighted by Gasteiger charge is 2.38. The molecule has 4 nitrogen and oxygen atoms in total. The highest BCUT2D eigenvalue weighted by atomic mass is 15.3. The molecule has 0 amide bonds. The van der Waals surface area contributed by atoms with Crippen LogP contribution in [0.1, 0.15) is 24.8 Å². The average molecular weight is 218 g/mol. The van der Waals surface area contributed by atoms with E-state index in [2.05, 4.69) is 14.9 Å². The summed E-state index contributed by atoms with van der Waals surface area (Å²) in [5, 5.41) is 0. The second kappa shape index (κ2) is 4.01. The molecular weight excluding hydrogens is 200 g/mol. The van der Waals surface area contributed by atoms with Crippen LogP contribution in [0.3, 0.4) is 0 Å². The van der Waals surface area contributed by atoms with E-state index in [0.717, 1.165) is 30.4 Å². The van der Waals surface area contributed by atoms with Crippen molar-refractivity contribution in [3.63, 3.8) is 0 Å². The minimum Gasteiger partial charge on any atom is -0.338 e. The van der Waals surface area contributed by atoms with E-state index in [1.807, 2.05) is 12.4 Å². The van der Waals surface area contributed by atoms with E-state index in [0.29, 0.717) is 12.6 Å². The third-order valence-electron chi connectivity index (χ3n) is 3.79. The SMILES string of the molecule is NCCc1cnc(N2CC3CCC2C3)nc1. The zero-order valence-electron chi connectivity index (χ0n) is 9.47. The van der Waals surface area contributed by atoms with E-state index in [1.165, 1.54) is 19.3 Å². The zero-order valence-corrected chi connectivity index (χ0v) is 9.47. The van der Waals surface area contributed by atoms with Gasteiger partial charge in [-0.1, -0.05) is 0 Å². The third kappa shape index (κ3) is 1.67. The van der Waals surface area contributed by atoms with Gasteiger partial charge in [-0.3, -0.25) is 0 Å². The van der Waals surface area contributed by atoms with Crippen molar-refractivity contribution in [2.45, 2.75) is 31.7 Å². The molecule has 3 rings (SSSR count). The molecule has 1 aliphatic carbocycles. The summed E-state index contributed by atoms with van der Waals surface area (Å²) in [7, 11) is 0. The number of hydrogen-bond acceptors (Lipinski definition) is 4. The second-order valence-electron chi connectivity index (χ2n) is 4.92. The van der Waals surface area contributed by atoms with Gasteiger partial charge >= 0.3 is 0 Å². The van der Waals surface area contributed by atoms with Crippen molar-refractivity contribution in [1.29, 1.82) is 0 Å². The molecule has 2 aliphatic rings. The smallest absolute Gasteiger partial charge is 0.225 e. The van der Waals surface area contributed by atoms with Crippen molar-refractivity contribution < 1.29 is 0 Å². The van der Waals surface area contributed by atoms with Gasteiger partial charge in [-0.05, 0) is 43.7 Å². The van der Waals surface area contributed by atoms with Gasteiger partial charge in [0.2, 0.25) is 5.95 Å². The molecule has 86 valence electrons. The summed E-state index contributed by atoms with van der Waals surface area (Å²) in [4.78, 5) is 11.3. The lowest BCUT2D eigenvalue weighted by atomic mass is 10.1. The molecule has 1 saturated heterocycles. The summed E-state index contributed by atoms with van der Waals surface area (Å²) in [6.07, 6.45) is 8.76. The van der Waals surface area contributed by atoms with Crippen LogP contribution < -0.4 is 10.6 Å². The van der Waals surface area contributed by atoms with Gasteiger partial charge in [0.1, 0.15) is 0 Å². The van der Waals surface area contributed by atoms with Crippen molar-refractivity contribution >= 4 is 5.95 Å². The topological polar surface area (TPSA) is 55.0 Å². The summed E-state index contributed by atoms with van der Waals surface area (Å²) in [5.41, 5.74) is 6.64. The van der Waals surface area contributed by atoms with Crippen molar-refractivity contribution in [2.24, 2.45) is 11.7 Å². The van der Waals surface area contributed by atoms with E-state index >= 15 is 0 Å². The van der Waals surface area contributed by atoms with Crippen molar-refractivity contribution in [3.8, 4) is 0 Å². The Balaban J connectivity index is 1.75. The lowest BCUT2D eigenvalue weighted by Gasteiger charge is -2.26. The molecule has 2 heterocycles. The molecule has 2 unspecified atom stereocenters. The highest BCUT2D eigenvalue weighted by Crippen LogP contribution is 2.38. The molecule has 0 aromatic carbocycles. The highest BCUT2D eigenvalue weighted by molar-refractivity contribution is 5.35. The number of nitrogens with two attached hydrogens (primary N) is 1. The van der Waals surface area contributed by atoms with Crippen molar-refractivity contribution in [1.82, 2.24) is 9.97 Å². The number of piperidine rings is 1. The second-order valence-corrected chi connectivity index (χ2v) is 4.92. The maximum Gasteiger partial charge on any atom is 0.225 e. The summed E-state index contributed by atoms with van der Waals surface area (Å²) >= 11 is 0. The summed E-state index contributed by atoms with van der Waals surface area (Å²) in [6, 6.07) is 0.699. The van der Waals surface area contributed by atoms with Crippen LogP contribution in [0.15, 0.2) is 12.4 Å². The molecule has 1 aromatic rings. The monoisotopic (exact) mass is 218 g/mol. The summed E-state index contributed by atoms with van der Waals surface area (Å²) in [5.74, 6) is 1.80.